The summed E-state index contributed by atoms with van der Waals surface area (Å²) >= 11 is 7.22. The van der Waals surface area contributed by atoms with Crippen LogP contribution in [0.1, 0.15) is 18.5 Å². The Balaban J connectivity index is 1.64. The van der Waals surface area contributed by atoms with Gasteiger partial charge in [-0.1, -0.05) is 47.1 Å². The standard InChI is InChI=1S/C21H14ClF3N4O2S/c1-11(18(30)26-16-9-13(21(23,24)25)7-8-15(16)22)29-20(31)14-10-17(32-19(14)27-28-29)12-5-3-2-4-6-12/h2-11H,1H3,(H,26,30). The van der Waals surface area contributed by atoms with Crippen LogP contribution in [0.3, 0.4) is 0 Å². The van der Waals surface area contributed by atoms with E-state index < -0.39 is 29.2 Å². The first kappa shape index (κ1) is 22.0. The van der Waals surface area contributed by atoms with Gasteiger partial charge in [0.05, 0.1) is 21.7 Å². The lowest BCUT2D eigenvalue weighted by molar-refractivity contribution is -0.137. The predicted octanol–water partition coefficient (Wildman–Crippen LogP) is 5.39. The second-order valence-electron chi connectivity index (χ2n) is 6.89. The van der Waals surface area contributed by atoms with Gasteiger partial charge in [-0.05, 0) is 36.8 Å². The maximum atomic E-state index is 13.0. The highest BCUT2D eigenvalue weighted by atomic mass is 35.5. The van der Waals surface area contributed by atoms with Crippen molar-refractivity contribution in [2.24, 2.45) is 0 Å². The number of benzene rings is 2. The van der Waals surface area contributed by atoms with Crippen molar-refractivity contribution in [3.8, 4) is 10.4 Å². The molecule has 4 rings (SSSR count). The number of carbonyl (C=O) groups excluding carboxylic acids is 1. The van der Waals surface area contributed by atoms with E-state index in [9.17, 15) is 22.8 Å². The number of amides is 1. The van der Waals surface area contributed by atoms with Crippen molar-refractivity contribution >= 4 is 44.7 Å². The Hall–Kier alpha value is -3.24. The van der Waals surface area contributed by atoms with Gasteiger partial charge in [0, 0.05) is 4.88 Å². The second-order valence-corrected chi connectivity index (χ2v) is 8.33. The van der Waals surface area contributed by atoms with Gasteiger partial charge in [0.15, 0.2) is 4.83 Å². The number of nitrogens with one attached hydrogen (secondary N) is 1. The molecule has 2 aromatic heterocycles. The van der Waals surface area contributed by atoms with Crippen molar-refractivity contribution in [1.29, 1.82) is 0 Å². The molecule has 0 spiro atoms. The van der Waals surface area contributed by atoms with Crippen molar-refractivity contribution in [2.45, 2.75) is 19.1 Å². The molecule has 0 aliphatic heterocycles. The first-order valence-electron chi connectivity index (χ1n) is 9.27. The van der Waals surface area contributed by atoms with Gasteiger partial charge >= 0.3 is 6.18 Å². The van der Waals surface area contributed by atoms with Gasteiger partial charge in [0.1, 0.15) is 6.04 Å². The van der Waals surface area contributed by atoms with Gasteiger partial charge in [-0.3, -0.25) is 9.59 Å². The molecular formula is C21H14ClF3N4O2S. The summed E-state index contributed by atoms with van der Waals surface area (Å²) in [5.41, 5.74) is -0.810. The highest BCUT2D eigenvalue weighted by Crippen LogP contribution is 2.34. The highest BCUT2D eigenvalue weighted by molar-refractivity contribution is 7.21. The van der Waals surface area contributed by atoms with Gasteiger partial charge in [0.25, 0.3) is 5.56 Å². The molecule has 1 atom stereocenters. The minimum absolute atomic E-state index is 0.0715. The average Bonchev–Trinajstić information content (AvgIpc) is 3.20. The van der Waals surface area contributed by atoms with E-state index in [1.807, 2.05) is 30.3 Å². The Morgan fingerprint density at radius 2 is 1.88 bits per heavy atom. The fourth-order valence-corrected chi connectivity index (χ4v) is 4.14. The van der Waals surface area contributed by atoms with Crippen LogP contribution in [0.2, 0.25) is 5.02 Å². The van der Waals surface area contributed by atoms with Crippen molar-refractivity contribution < 1.29 is 18.0 Å². The number of hydrogen-bond donors (Lipinski definition) is 1. The molecule has 2 heterocycles. The van der Waals surface area contributed by atoms with Gasteiger partial charge in [0.2, 0.25) is 5.91 Å². The van der Waals surface area contributed by atoms with Crippen LogP contribution in [-0.4, -0.2) is 20.9 Å². The molecule has 11 heteroatoms. The van der Waals surface area contributed by atoms with Gasteiger partial charge in [-0.2, -0.15) is 17.9 Å². The van der Waals surface area contributed by atoms with E-state index in [4.69, 9.17) is 11.6 Å². The average molecular weight is 479 g/mol. The summed E-state index contributed by atoms with van der Waals surface area (Å²) in [5.74, 6) is -0.763. The molecule has 0 saturated heterocycles. The summed E-state index contributed by atoms with van der Waals surface area (Å²) in [7, 11) is 0. The van der Waals surface area contributed by atoms with Crippen molar-refractivity contribution in [2.75, 3.05) is 5.32 Å². The highest BCUT2D eigenvalue weighted by Gasteiger charge is 2.31. The van der Waals surface area contributed by atoms with Crippen LogP contribution in [0.4, 0.5) is 18.9 Å². The zero-order chi connectivity index (χ0) is 23.0. The first-order chi connectivity index (χ1) is 15.1. The molecule has 1 unspecified atom stereocenters. The number of aromatic nitrogens is 3. The number of anilines is 1. The molecule has 164 valence electrons. The number of thiophene rings is 1. The largest absolute Gasteiger partial charge is 0.416 e. The Morgan fingerprint density at radius 1 is 1.16 bits per heavy atom. The minimum atomic E-state index is -4.60. The first-order valence-corrected chi connectivity index (χ1v) is 10.5. The number of alkyl halides is 3. The minimum Gasteiger partial charge on any atom is -0.323 e. The van der Waals surface area contributed by atoms with E-state index in [0.717, 1.165) is 33.3 Å². The summed E-state index contributed by atoms with van der Waals surface area (Å²) in [6, 6.07) is 12.5. The molecule has 2 aromatic carbocycles. The Kier molecular flexibility index (Phi) is 5.74. The fraction of sp³-hybridized carbons (Fsp3) is 0.143. The van der Waals surface area contributed by atoms with E-state index in [1.165, 1.54) is 18.3 Å². The molecule has 4 aromatic rings. The summed E-state index contributed by atoms with van der Waals surface area (Å²) in [6.07, 6.45) is -4.60. The molecule has 0 fully saturated rings. The SMILES string of the molecule is CC(C(=O)Nc1cc(C(F)(F)F)ccc1Cl)n1nnc2sc(-c3ccccc3)cc2c1=O. The number of hydrogen-bond acceptors (Lipinski definition) is 5. The van der Waals surface area contributed by atoms with Gasteiger partial charge in [-0.25, -0.2) is 0 Å². The van der Waals surface area contributed by atoms with E-state index in [-0.39, 0.29) is 10.7 Å². The van der Waals surface area contributed by atoms with Crippen molar-refractivity contribution in [1.82, 2.24) is 15.0 Å². The number of nitrogens with zero attached hydrogens (tertiary/aromatic N) is 3. The Bertz CT molecular complexity index is 1370. The van der Waals surface area contributed by atoms with Crippen LogP contribution in [0.5, 0.6) is 0 Å². The molecule has 0 radical (unpaired) electrons. The molecule has 6 nitrogen and oxygen atoms in total. The zero-order valence-electron chi connectivity index (χ0n) is 16.4. The number of rotatable bonds is 4. The van der Waals surface area contributed by atoms with E-state index in [0.29, 0.717) is 10.2 Å². The molecule has 32 heavy (non-hydrogen) atoms. The van der Waals surface area contributed by atoms with Crippen LogP contribution in [0.25, 0.3) is 20.7 Å². The zero-order valence-corrected chi connectivity index (χ0v) is 17.9. The third-order valence-corrected chi connectivity index (χ3v) is 6.14. The lowest BCUT2D eigenvalue weighted by Crippen LogP contribution is -2.34. The number of carbonyl (C=O) groups is 1. The summed E-state index contributed by atoms with van der Waals surface area (Å²) in [5, 5.41) is 10.4. The van der Waals surface area contributed by atoms with Crippen LogP contribution < -0.4 is 10.9 Å². The van der Waals surface area contributed by atoms with Crippen LogP contribution in [-0.2, 0) is 11.0 Å². The van der Waals surface area contributed by atoms with Gasteiger partial charge in [-0.15, -0.1) is 16.4 Å². The third kappa shape index (κ3) is 4.23. The normalized spacial score (nSPS) is 12.7. The lowest BCUT2D eigenvalue weighted by atomic mass is 10.2. The topological polar surface area (TPSA) is 76.9 Å². The third-order valence-electron chi connectivity index (χ3n) is 4.74. The molecule has 0 aliphatic carbocycles. The smallest absolute Gasteiger partial charge is 0.323 e. The molecule has 1 amide bonds. The maximum Gasteiger partial charge on any atom is 0.416 e. The molecular weight excluding hydrogens is 465 g/mol. The van der Waals surface area contributed by atoms with Crippen LogP contribution >= 0.6 is 22.9 Å². The fourth-order valence-electron chi connectivity index (χ4n) is 3.01. The lowest BCUT2D eigenvalue weighted by Gasteiger charge is -2.15. The number of fused-ring (bicyclic) bond motifs is 1. The van der Waals surface area contributed by atoms with Gasteiger partial charge < -0.3 is 5.32 Å². The Morgan fingerprint density at radius 3 is 2.56 bits per heavy atom. The van der Waals surface area contributed by atoms with Crippen molar-refractivity contribution in [3.05, 3.63) is 75.5 Å². The van der Waals surface area contributed by atoms with E-state index in [2.05, 4.69) is 15.6 Å². The van der Waals surface area contributed by atoms with Crippen molar-refractivity contribution in [3.63, 3.8) is 0 Å². The summed E-state index contributed by atoms with van der Waals surface area (Å²) in [4.78, 5) is 26.8. The summed E-state index contributed by atoms with van der Waals surface area (Å²) < 4.78 is 39.8. The molecule has 0 saturated carbocycles. The predicted molar refractivity (Wildman–Crippen MR) is 117 cm³/mol. The Labute approximate surface area is 188 Å². The maximum absolute atomic E-state index is 13.0. The second kappa shape index (κ2) is 8.36. The summed E-state index contributed by atoms with van der Waals surface area (Å²) in [6.45, 7) is 1.39. The molecule has 0 bridgehead atoms. The molecule has 0 aliphatic rings. The van der Waals surface area contributed by atoms with E-state index in [1.54, 1.807) is 6.07 Å². The van der Waals surface area contributed by atoms with E-state index >= 15 is 0 Å². The van der Waals surface area contributed by atoms with Crippen LogP contribution in [0.15, 0.2) is 59.4 Å². The monoisotopic (exact) mass is 478 g/mol. The van der Waals surface area contributed by atoms with Crippen LogP contribution in [0, 0.1) is 0 Å². The number of halogens is 4. The molecule has 1 N–H and O–H groups in total. The quantitative estimate of drug-likeness (QED) is 0.426.